The van der Waals surface area contributed by atoms with Crippen LogP contribution in [0.4, 0.5) is 11.4 Å². The van der Waals surface area contributed by atoms with Crippen LogP contribution in [-0.2, 0) is 5.41 Å². The van der Waals surface area contributed by atoms with Crippen LogP contribution in [0.25, 0.3) is 49.8 Å². The maximum absolute atomic E-state index is 6.99. The van der Waals surface area contributed by atoms with Gasteiger partial charge in [0.05, 0.1) is 11.4 Å². The molecule has 1 unspecified atom stereocenters. The number of rotatable bonds is 5. The molecule has 0 saturated carbocycles. The van der Waals surface area contributed by atoms with E-state index in [2.05, 4.69) is 176 Å². The molecule has 1 atom stereocenters. The molecule has 47 heavy (non-hydrogen) atoms. The molecule has 0 N–H and O–H groups in total. The summed E-state index contributed by atoms with van der Waals surface area (Å²) in [4.78, 5) is 2.44. The maximum atomic E-state index is 6.99. The molecule has 9 rings (SSSR count). The van der Waals surface area contributed by atoms with E-state index >= 15 is 0 Å². The summed E-state index contributed by atoms with van der Waals surface area (Å²) in [5.74, 6) is 0.380. The van der Waals surface area contributed by atoms with Gasteiger partial charge >= 0.3 is 0 Å². The highest BCUT2D eigenvalue weighted by Gasteiger charge is 2.45. The lowest BCUT2D eigenvalue weighted by Gasteiger charge is -2.35. The molecule has 2 heteroatoms. The van der Waals surface area contributed by atoms with Gasteiger partial charge in [-0.2, -0.15) is 0 Å². The Morgan fingerprint density at radius 1 is 0.574 bits per heavy atom. The number of hydrogen-bond donors (Lipinski definition) is 0. The molecule has 0 saturated heterocycles. The normalized spacial score (nSPS) is 16.4. The summed E-state index contributed by atoms with van der Waals surface area (Å²) >= 11 is 0. The van der Waals surface area contributed by atoms with Crippen LogP contribution >= 0.6 is 0 Å². The van der Waals surface area contributed by atoms with Crippen molar-refractivity contribution >= 4 is 38.9 Å². The highest BCUT2D eigenvalue weighted by molar-refractivity contribution is 6.13. The summed E-state index contributed by atoms with van der Waals surface area (Å²) in [5, 5.41) is 2.25. The van der Waals surface area contributed by atoms with Gasteiger partial charge in [0.25, 0.3) is 0 Å². The predicted octanol–water partition coefficient (Wildman–Crippen LogP) is 12.3. The fraction of sp³-hybridized carbons (Fsp3) is 0.111. The molecule has 2 nitrogen and oxygen atoms in total. The topological polar surface area (TPSA) is 16.4 Å². The van der Waals surface area contributed by atoms with Crippen molar-refractivity contribution in [1.29, 1.82) is 0 Å². The van der Waals surface area contributed by atoms with Crippen molar-refractivity contribution in [3.63, 3.8) is 0 Å². The van der Waals surface area contributed by atoms with E-state index in [1.54, 1.807) is 0 Å². The lowest BCUT2D eigenvalue weighted by atomic mass is 9.74. The van der Waals surface area contributed by atoms with Crippen LogP contribution < -0.4 is 4.90 Å². The molecule has 2 aliphatic carbocycles. The molecule has 0 bridgehead atoms. The summed E-state index contributed by atoms with van der Waals surface area (Å²) in [6.45, 7) is 4.81. The average molecular weight is 606 g/mol. The summed E-state index contributed by atoms with van der Waals surface area (Å²) in [7, 11) is 0. The van der Waals surface area contributed by atoms with Gasteiger partial charge in [-0.05, 0) is 75.4 Å². The van der Waals surface area contributed by atoms with Gasteiger partial charge in [0, 0.05) is 22.0 Å². The number of fused-ring (bicyclic) bond motifs is 6. The van der Waals surface area contributed by atoms with Crippen LogP contribution in [0.2, 0.25) is 0 Å². The number of nitrogens with zero attached hydrogens (tertiary/aromatic N) is 1. The molecule has 226 valence electrons. The van der Waals surface area contributed by atoms with Gasteiger partial charge in [-0.25, -0.2) is 0 Å². The SMILES string of the molecule is CC1(C)c2ccccc2C2=C(N(c3ccc(-c4ccccc4)cc3)c3cccc4c3oc3c(-c5ccccc5)cccc34)C=CCC21. The molecule has 1 aromatic heterocycles. The van der Waals surface area contributed by atoms with Crippen molar-refractivity contribution in [3.05, 3.63) is 175 Å². The molecule has 0 aliphatic heterocycles. The Bertz CT molecular complexity index is 2340. The lowest BCUT2D eigenvalue weighted by molar-refractivity contribution is 0.413. The summed E-state index contributed by atoms with van der Waals surface area (Å²) in [6.07, 6.45) is 5.73. The molecular weight excluding hydrogens is 571 g/mol. The van der Waals surface area contributed by atoms with E-state index in [9.17, 15) is 0 Å². The van der Waals surface area contributed by atoms with Crippen molar-refractivity contribution in [2.24, 2.45) is 5.92 Å². The second-order valence-corrected chi connectivity index (χ2v) is 13.3. The molecule has 0 fully saturated rings. The Morgan fingerprint density at radius 2 is 1.19 bits per heavy atom. The Kier molecular flexibility index (Phi) is 6.33. The molecular formula is C45H35NO. The van der Waals surface area contributed by atoms with E-state index < -0.39 is 0 Å². The van der Waals surface area contributed by atoms with Crippen LogP contribution in [0.3, 0.4) is 0 Å². The zero-order chi connectivity index (χ0) is 31.5. The summed E-state index contributed by atoms with van der Waals surface area (Å²) in [5.41, 5.74) is 14.1. The second kappa shape index (κ2) is 10.7. The van der Waals surface area contributed by atoms with Crippen molar-refractivity contribution in [2.45, 2.75) is 25.7 Å². The number of anilines is 2. The van der Waals surface area contributed by atoms with E-state index in [0.29, 0.717) is 5.92 Å². The van der Waals surface area contributed by atoms with Gasteiger partial charge in [-0.1, -0.05) is 147 Å². The number of allylic oxidation sites excluding steroid dienone is 3. The zero-order valence-corrected chi connectivity index (χ0v) is 26.7. The van der Waals surface area contributed by atoms with Crippen LogP contribution in [0.1, 0.15) is 31.4 Å². The molecule has 0 amide bonds. The Hall–Kier alpha value is -5.60. The Morgan fingerprint density at radius 3 is 1.96 bits per heavy atom. The summed E-state index contributed by atoms with van der Waals surface area (Å²) in [6, 6.07) is 52.2. The monoisotopic (exact) mass is 605 g/mol. The third-order valence-electron chi connectivity index (χ3n) is 10.4. The predicted molar refractivity (Wildman–Crippen MR) is 197 cm³/mol. The lowest BCUT2D eigenvalue weighted by Crippen LogP contribution is -2.27. The highest BCUT2D eigenvalue weighted by Crippen LogP contribution is 2.56. The maximum Gasteiger partial charge on any atom is 0.159 e. The minimum atomic E-state index is 0.0285. The zero-order valence-electron chi connectivity index (χ0n) is 26.7. The first-order chi connectivity index (χ1) is 23.1. The molecule has 1 heterocycles. The minimum Gasteiger partial charge on any atom is -0.453 e. The summed E-state index contributed by atoms with van der Waals surface area (Å²) < 4.78 is 6.99. The molecule has 6 aromatic carbocycles. The van der Waals surface area contributed by atoms with Gasteiger partial charge < -0.3 is 9.32 Å². The van der Waals surface area contributed by atoms with E-state index in [0.717, 1.165) is 50.9 Å². The standard InChI is InChI=1S/C45H35NO/c1-45(2)38-22-10-9-18-37(38)42-39(45)23-13-24-40(42)46(33-28-26-31(27-29-33)30-14-5-3-6-15-30)41-25-12-21-36-35-20-11-19-34(43(35)47-44(36)41)32-16-7-4-8-17-32/h3-22,24-29,39H,23H2,1-2H3. The largest absolute Gasteiger partial charge is 0.453 e. The smallest absolute Gasteiger partial charge is 0.159 e. The van der Waals surface area contributed by atoms with Crippen LogP contribution in [0.5, 0.6) is 0 Å². The van der Waals surface area contributed by atoms with Crippen molar-refractivity contribution in [2.75, 3.05) is 4.90 Å². The first kappa shape index (κ1) is 27.7. The van der Waals surface area contributed by atoms with E-state index in [1.165, 1.54) is 33.5 Å². The van der Waals surface area contributed by atoms with Crippen LogP contribution in [0.15, 0.2) is 168 Å². The third kappa shape index (κ3) is 4.32. The minimum absolute atomic E-state index is 0.0285. The quantitative estimate of drug-likeness (QED) is 0.194. The van der Waals surface area contributed by atoms with Crippen LogP contribution in [0, 0.1) is 5.92 Å². The van der Waals surface area contributed by atoms with E-state index in [1.807, 2.05) is 0 Å². The van der Waals surface area contributed by atoms with E-state index in [-0.39, 0.29) is 5.41 Å². The first-order valence-corrected chi connectivity index (χ1v) is 16.6. The number of furan rings is 1. The number of benzene rings is 6. The van der Waals surface area contributed by atoms with Gasteiger partial charge in [-0.15, -0.1) is 0 Å². The first-order valence-electron chi connectivity index (χ1n) is 16.6. The van der Waals surface area contributed by atoms with Crippen molar-refractivity contribution in [1.82, 2.24) is 0 Å². The molecule has 0 radical (unpaired) electrons. The molecule has 0 spiro atoms. The van der Waals surface area contributed by atoms with Crippen molar-refractivity contribution < 1.29 is 4.42 Å². The molecule has 2 aliphatic rings. The Labute approximate surface area is 275 Å². The van der Waals surface area contributed by atoms with Crippen LogP contribution in [-0.4, -0.2) is 0 Å². The van der Waals surface area contributed by atoms with Gasteiger partial charge in [0.15, 0.2) is 5.58 Å². The number of hydrogen-bond acceptors (Lipinski definition) is 2. The third-order valence-corrected chi connectivity index (χ3v) is 10.4. The highest BCUT2D eigenvalue weighted by atomic mass is 16.3. The number of para-hydroxylation sites is 2. The fourth-order valence-electron chi connectivity index (χ4n) is 8.01. The van der Waals surface area contributed by atoms with Gasteiger partial charge in [-0.3, -0.25) is 0 Å². The average Bonchev–Trinajstić information content (AvgIpc) is 3.63. The Balaban J connectivity index is 1.31. The van der Waals surface area contributed by atoms with Gasteiger partial charge in [0.2, 0.25) is 0 Å². The second-order valence-electron chi connectivity index (χ2n) is 13.3. The van der Waals surface area contributed by atoms with E-state index in [4.69, 9.17) is 4.42 Å². The fourth-order valence-corrected chi connectivity index (χ4v) is 8.01. The molecule has 7 aromatic rings. The van der Waals surface area contributed by atoms with Crippen molar-refractivity contribution in [3.8, 4) is 22.3 Å². The van der Waals surface area contributed by atoms with Gasteiger partial charge in [0.1, 0.15) is 5.58 Å².